The van der Waals surface area contributed by atoms with Gasteiger partial charge in [-0.1, -0.05) is 59.2 Å². The average molecular weight is 276 g/mol. The molecule has 0 saturated heterocycles. The van der Waals surface area contributed by atoms with Crippen molar-refractivity contribution in [2.45, 2.75) is 52.4 Å². The quantitative estimate of drug-likeness (QED) is 0.620. The van der Waals surface area contributed by atoms with Crippen LogP contribution in [0.1, 0.15) is 52.8 Å². The summed E-state index contributed by atoms with van der Waals surface area (Å²) in [6, 6.07) is 8.17. The van der Waals surface area contributed by atoms with Crippen LogP contribution in [0.25, 0.3) is 10.9 Å². The zero-order valence-electron chi connectivity index (χ0n) is 12.6. The Morgan fingerprint density at radius 1 is 0.947 bits per heavy atom. The molecule has 0 amide bonds. The van der Waals surface area contributed by atoms with Crippen molar-refractivity contribution >= 4 is 22.5 Å². The number of halogens is 1. The number of hydrogen-bond acceptors (Lipinski definition) is 1. The van der Waals surface area contributed by atoms with Gasteiger partial charge in [-0.05, 0) is 29.2 Å². The van der Waals surface area contributed by atoms with Gasteiger partial charge < -0.3 is 0 Å². The number of pyridine rings is 1. The molecule has 1 aromatic heterocycles. The molecular formula is C17H22ClN. The van der Waals surface area contributed by atoms with E-state index in [1.807, 2.05) is 18.2 Å². The summed E-state index contributed by atoms with van der Waals surface area (Å²) >= 11 is 6.39. The summed E-state index contributed by atoms with van der Waals surface area (Å²) in [5.74, 6) is 0. The van der Waals surface area contributed by atoms with Crippen molar-refractivity contribution in [3.63, 3.8) is 0 Å². The molecule has 2 rings (SSSR count). The highest BCUT2D eigenvalue weighted by molar-refractivity contribution is 6.35. The maximum Gasteiger partial charge on any atom is 0.0723 e. The zero-order valence-corrected chi connectivity index (χ0v) is 13.4. The minimum absolute atomic E-state index is 0.0382. The molecule has 0 aliphatic heterocycles. The van der Waals surface area contributed by atoms with Crippen molar-refractivity contribution in [2.24, 2.45) is 0 Å². The summed E-state index contributed by atoms with van der Waals surface area (Å²) in [7, 11) is 0. The van der Waals surface area contributed by atoms with Gasteiger partial charge in [-0.3, -0.25) is 4.98 Å². The second kappa shape index (κ2) is 4.49. The van der Waals surface area contributed by atoms with Crippen LogP contribution in [0.5, 0.6) is 0 Å². The third kappa shape index (κ3) is 2.76. The Bertz CT molecular complexity index is 615. The van der Waals surface area contributed by atoms with Crippen molar-refractivity contribution in [3.05, 3.63) is 40.5 Å². The second-order valence-corrected chi connectivity index (χ2v) is 7.60. The van der Waals surface area contributed by atoms with Gasteiger partial charge in [0.1, 0.15) is 0 Å². The van der Waals surface area contributed by atoms with Crippen LogP contribution in [0.2, 0.25) is 5.02 Å². The highest BCUT2D eigenvalue weighted by Gasteiger charge is 2.24. The van der Waals surface area contributed by atoms with Gasteiger partial charge in [0.05, 0.1) is 10.5 Å². The highest BCUT2D eigenvalue weighted by Crippen LogP contribution is 2.36. The minimum Gasteiger partial charge on any atom is -0.252 e. The molecule has 0 saturated carbocycles. The van der Waals surface area contributed by atoms with E-state index in [0.717, 1.165) is 21.6 Å². The summed E-state index contributed by atoms with van der Waals surface area (Å²) < 4.78 is 0. The molecule has 0 aliphatic rings. The Morgan fingerprint density at radius 2 is 1.58 bits per heavy atom. The number of nitrogens with zero attached hydrogens (tertiary/aromatic N) is 1. The maximum atomic E-state index is 6.39. The van der Waals surface area contributed by atoms with E-state index in [-0.39, 0.29) is 10.8 Å². The van der Waals surface area contributed by atoms with Crippen LogP contribution in [0, 0.1) is 0 Å². The molecule has 0 unspecified atom stereocenters. The summed E-state index contributed by atoms with van der Waals surface area (Å²) in [6.45, 7) is 13.2. The lowest BCUT2D eigenvalue weighted by molar-refractivity contribution is 0.558. The molecule has 102 valence electrons. The van der Waals surface area contributed by atoms with Crippen molar-refractivity contribution in [1.29, 1.82) is 0 Å². The van der Waals surface area contributed by atoms with Crippen LogP contribution < -0.4 is 0 Å². The zero-order chi connectivity index (χ0) is 14.4. The number of aromatic nitrogens is 1. The van der Waals surface area contributed by atoms with Gasteiger partial charge in [-0.15, -0.1) is 0 Å². The monoisotopic (exact) mass is 275 g/mol. The molecule has 0 bridgehead atoms. The van der Waals surface area contributed by atoms with Gasteiger partial charge in [-0.2, -0.15) is 0 Å². The van der Waals surface area contributed by atoms with Gasteiger partial charge in [0.15, 0.2) is 0 Å². The summed E-state index contributed by atoms with van der Waals surface area (Å²) in [6.07, 6.45) is 0. The van der Waals surface area contributed by atoms with E-state index in [1.165, 1.54) is 5.56 Å². The lowest BCUT2D eigenvalue weighted by atomic mass is 9.81. The first kappa shape index (κ1) is 14.3. The van der Waals surface area contributed by atoms with Crippen LogP contribution in [0.3, 0.4) is 0 Å². The van der Waals surface area contributed by atoms with Crippen molar-refractivity contribution < 1.29 is 0 Å². The first-order chi connectivity index (χ1) is 8.60. The third-order valence-corrected chi connectivity index (χ3v) is 3.67. The van der Waals surface area contributed by atoms with E-state index < -0.39 is 0 Å². The number of fused-ring (bicyclic) bond motifs is 1. The molecule has 19 heavy (non-hydrogen) atoms. The van der Waals surface area contributed by atoms with Gasteiger partial charge in [0.25, 0.3) is 0 Å². The molecule has 0 fully saturated rings. The second-order valence-electron chi connectivity index (χ2n) is 7.19. The standard InChI is InChI=1S/C17H22ClN/c1-16(2,3)11-10-14(17(4,5)6)19-13-9-7-8-12(18)15(11)13/h7-10H,1-6H3. The fourth-order valence-electron chi connectivity index (χ4n) is 2.22. The Balaban J connectivity index is 2.89. The first-order valence-corrected chi connectivity index (χ1v) is 7.09. The van der Waals surface area contributed by atoms with Crippen molar-refractivity contribution in [1.82, 2.24) is 4.98 Å². The predicted octanol–water partition coefficient (Wildman–Crippen LogP) is 5.48. The normalized spacial score (nSPS) is 13.0. The van der Waals surface area contributed by atoms with Crippen LogP contribution >= 0.6 is 11.6 Å². The minimum atomic E-state index is 0.0382. The molecule has 0 radical (unpaired) electrons. The van der Waals surface area contributed by atoms with E-state index >= 15 is 0 Å². The fraction of sp³-hybridized carbons (Fsp3) is 0.471. The smallest absolute Gasteiger partial charge is 0.0723 e. The Morgan fingerprint density at radius 3 is 2.11 bits per heavy atom. The van der Waals surface area contributed by atoms with Gasteiger partial charge in [0.2, 0.25) is 0 Å². The molecule has 0 atom stereocenters. The molecule has 0 spiro atoms. The summed E-state index contributed by atoms with van der Waals surface area (Å²) in [5, 5.41) is 1.88. The SMILES string of the molecule is CC(C)(C)c1cc(C(C)(C)C)c2c(Cl)cccc2n1. The summed E-state index contributed by atoms with van der Waals surface area (Å²) in [5.41, 5.74) is 3.47. The topological polar surface area (TPSA) is 12.9 Å². The molecule has 0 N–H and O–H groups in total. The fourth-order valence-corrected chi connectivity index (χ4v) is 2.49. The van der Waals surface area contributed by atoms with Crippen LogP contribution in [-0.4, -0.2) is 4.98 Å². The molecule has 1 heterocycles. The van der Waals surface area contributed by atoms with Crippen LogP contribution in [-0.2, 0) is 10.8 Å². The van der Waals surface area contributed by atoms with Crippen molar-refractivity contribution in [3.8, 4) is 0 Å². The number of hydrogen-bond donors (Lipinski definition) is 0. The van der Waals surface area contributed by atoms with Gasteiger partial charge in [0, 0.05) is 16.5 Å². The number of benzene rings is 1. The molecular weight excluding hydrogens is 254 g/mol. The van der Waals surface area contributed by atoms with E-state index in [4.69, 9.17) is 16.6 Å². The Kier molecular flexibility index (Phi) is 3.38. The Labute approximate surface area is 121 Å². The molecule has 1 nitrogen and oxygen atoms in total. The van der Waals surface area contributed by atoms with Gasteiger partial charge in [-0.25, -0.2) is 0 Å². The van der Waals surface area contributed by atoms with Crippen molar-refractivity contribution in [2.75, 3.05) is 0 Å². The molecule has 1 aromatic carbocycles. The molecule has 2 aromatic rings. The average Bonchev–Trinajstić information content (AvgIpc) is 2.25. The van der Waals surface area contributed by atoms with Gasteiger partial charge >= 0.3 is 0 Å². The van der Waals surface area contributed by atoms with Crippen LogP contribution in [0.4, 0.5) is 0 Å². The van der Waals surface area contributed by atoms with E-state index in [1.54, 1.807) is 0 Å². The lowest BCUT2D eigenvalue weighted by Gasteiger charge is -2.26. The summed E-state index contributed by atoms with van der Waals surface area (Å²) in [4.78, 5) is 4.80. The third-order valence-electron chi connectivity index (χ3n) is 3.36. The predicted molar refractivity (Wildman–Crippen MR) is 84.2 cm³/mol. The largest absolute Gasteiger partial charge is 0.252 e. The number of rotatable bonds is 0. The van der Waals surface area contributed by atoms with E-state index in [0.29, 0.717) is 0 Å². The Hall–Kier alpha value is -1.08. The maximum absolute atomic E-state index is 6.39. The molecule has 2 heteroatoms. The van der Waals surface area contributed by atoms with Crippen LogP contribution in [0.15, 0.2) is 24.3 Å². The lowest BCUT2D eigenvalue weighted by Crippen LogP contribution is -2.18. The molecule has 0 aliphatic carbocycles. The highest BCUT2D eigenvalue weighted by atomic mass is 35.5. The first-order valence-electron chi connectivity index (χ1n) is 6.71. The van der Waals surface area contributed by atoms with E-state index in [9.17, 15) is 0 Å². The van der Waals surface area contributed by atoms with E-state index in [2.05, 4.69) is 47.6 Å².